The van der Waals surface area contributed by atoms with Crippen LogP contribution >= 0.6 is 0 Å². The summed E-state index contributed by atoms with van der Waals surface area (Å²) in [6.07, 6.45) is 0. The number of hydrogen-bond donors (Lipinski definition) is 1. The van der Waals surface area contributed by atoms with Gasteiger partial charge in [0.15, 0.2) is 5.78 Å². The number of ketones is 1. The van der Waals surface area contributed by atoms with Crippen LogP contribution in [0.2, 0.25) is 0 Å². The minimum Gasteiger partial charge on any atom is -0.369 e. The highest BCUT2D eigenvalue weighted by Crippen LogP contribution is 2.20. The number of amides is 1. The van der Waals surface area contributed by atoms with Gasteiger partial charge in [-0.1, -0.05) is 60.7 Å². The SMILES string of the molecule is NC(=O)[C@H](C(=O)c1ccccc1)c1ccccc1. The molecule has 90 valence electrons. The van der Waals surface area contributed by atoms with Gasteiger partial charge in [0.05, 0.1) is 0 Å². The summed E-state index contributed by atoms with van der Waals surface area (Å²) in [5.41, 5.74) is 6.46. The number of nitrogens with two attached hydrogens (primary N) is 1. The van der Waals surface area contributed by atoms with E-state index in [1.165, 1.54) is 0 Å². The zero-order chi connectivity index (χ0) is 13.0. The first-order valence-electron chi connectivity index (χ1n) is 5.63. The van der Waals surface area contributed by atoms with Gasteiger partial charge in [0.25, 0.3) is 0 Å². The highest BCUT2D eigenvalue weighted by molar-refractivity contribution is 6.13. The summed E-state index contributed by atoms with van der Waals surface area (Å²) < 4.78 is 0. The molecule has 18 heavy (non-hydrogen) atoms. The van der Waals surface area contributed by atoms with Crippen molar-refractivity contribution in [3.63, 3.8) is 0 Å². The molecule has 0 saturated heterocycles. The largest absolute Gasteiger partial charge is 0.369 e. The normalized spacial score (nSPS) is 11.8. The van der Waals surface area contributed by atoms with Crippen molar-refractivity contribution in [2.75, 3.05) is 0 Å². The Morgan fingerprint density at radius 3 is 1.83 bits per heavy atom. The second-order valence-corrected chi connectivity index (χ2v) is 3.98. The predicted octanol–water partition coefficient (Wildman–Crippen LogP) is 2.14. The van der Waals surface area contributed by atoms with Gasteiger partial charge in [-0.3, -0.25) is 9.59 Å². The average molecular weight is 239 g/mol. The number of carbonyl (C=O) groups excluding carboxylic acids is 2. The molecule has 2 rings (SSSR count). The zero-order valence-electron chi connectivity index (χ0n) is 9.74. The van der Waals surface area contributed by atoms with Crippen LogP contribution in [0.4, 0.5) is 0 Å². The first kappa shape index (κ1) is 12.0. The highest BCUT2D eigenvalue weighted by atomic mass is 16.2. The molecule has 0 aliphatic rings. The first-order valence-corrected chi connectivity index (χ1v) is 5.63. The van der Waals surface area contributed by atoms with Crippen LogP contribution in [0.5, 0.6) is 0 Å². The van der Waals surface area contributed by atoms with Gasteiger partial charge in [0.2, 0.25) is 5.91 Å². The smallest absolute Gasteiger partial charge is 0.232 e. The lowest BCUT2D eigenvalue weighted by Gasteiger charge is -2.12. The molecule has 0 heterocycles. The monoisotopic (exact) mass is 239 g/mol. The van der Waals surface area contributed by atoms with Gasteiger partial charge in [-0.25, -0.2) is 0 Å². The maximum Gasteiger partial charge on any atom is 0.232 e. The summed E-state index contributed by atoms with van der Waals surface area (Å²) in [4.78, 5) is 23.8. The van der Waals surface area contributed by atoms with Gasteiger partial charge >= 0.3 is 0 Å². The van der Waals surface area contributed by atoms with Gasteiger partial charge in [0, 0.05) is 5.56 Å². The molecule has 0 saturated carbocycles. The third-order valence-electron chi connectivity index (χ3n) is 2.74. The second-order valence-electron chi connectivity index (χ2n) is 3.98. The molecule has 2 aromatic carbocycles. The van der Waals surface area contributed by atoms with Crippen LogP contribution in [0.1, 0.15) is 21.8 Å². The summed E-state index contributed by atoms with van der Waals surface area (Å²) in [7, 11) is 0. The predicted molar refractivity (Wildman–Crippen MR) is 69.1 cm³/mol. The van der Waals surface area contributed by atoms with Crippen molar-refractivity contribution in [3.8, 4) is 0 Å². The molecule has 0 fully saturated rings. The summed E-state index contributed by atoms with van der Waals surface area (Å²) in [6, 6.07) is 17.6. The van der Waals surface area contributed by atoms with Gasteiger partial charge in [-0.2, -0.15) is 0 Å². The molecular weight excluding hydrogens is 226 g/mol. The van der Waals surface area contributed by atoms with Crippen LogP contribution in [-0.4, -0.2) is 11.7 Å². The van der Waals surface area contributed by atoms with E-state index in [1.54, 1.807) is 48.5 Å². The van der Waals surface area contributed by atoms with Crippen molar-refractivity contribution in [3.05, 3.63) is 71.8 Å². The van der Waals surface area contributed by atoms with Gasteiger partial charge < -0.3 is 5.73 Å². The first-order chi connectivity index (χ1) is 8.70. The lowest BCUT2D eigenvalue weighted by Crippen LogP contribution is -2.28. The Balaban J connectivity index is 2.39. The Kier molecular flexibility index (Phi) is 3.53. The molecule has 2 aromatic rings. The van der Waals surface area contributed by atoms with Crippen molar-refractivity contribution in [2.24, 2.45) is 5.73 Å². The maximum absolute atomic E-state index is 12.3. The van der Waals surface area contributed by atoms with Crippen molar-refractivity contribution >= 4 is 11.7 Å². The Labute approximate surface area is 105 Å². The van der Waals surface area contributed by atoms with Crippen LogP contribution < -0.4 is 5.73 Å². The zero-order valence-corrected chi connectivity index (χ0v) is 9.74. The van der Waals surface area contributed by atoms with E-state index in [-0.39, 0.29) is 5.78 Å². The molecule has 0 bridgehead atoms. The number of Topliss-reactive ketones (excluding diaryl/α,β-unsaturated/α-hetero) is 1. The molecule has 2 N–H and O–H groups in total. The van der Waals surface area contributed by atoms with Crippen molar-refractivity contribution in [2.45, 2.75) is 5.92 Å². The Bertz CT molecular complexity index is 549. The lowest BCUT2D eigenvalue weighted by molar-refractivity contribution is -0.118. The molecule has 3 nitrogen and oxygen atoms in total. The van der Waals surface area contributed by atoms with E-state index in [9.17, 15) is 9.59 Å². The van der Waals surface area contributed by atoms with Crippen LogP contribution in [-0.2, 0) is 4.79 Å². The van der Waals surface area contributed by atoms with E-state index in [2.05, 4.69) is 0 Å². The number of carbonyl (C=O) groups is 2. The highest BCUT2D eigenvalue weighted by Gasteiger charge is 2.26. The number of hydrogen-bond acceptors (Lipinski definition) is 2. The molecule has 1 atom stereocenters. The fourth-order valence-corrected chi connectivity index (χ4v) is 1.86. The maximum atomic E-state index is 12.3. The summed E-state index contributed by atoms with van der Waals surface area (Å²) >= 11 is 0. The van der Waals surface area contributed by atoms with E-state index in [0.29, 0.717) is 11.1 Å². The topological polar surface area (TPSA) is 60.2 Å². The minimum absolute atomic E-state index is 0.269. The fraction of sp³-hybridized carbons (Fsp3) is 0.0667. The molecule has 0 aliphatic heterocycles. The minimum atomic E-state index is -0.923. The fourth-order valence-electron chi connectivity index (χ4n) is 1.86. The number of benzene rings is 2. The van der Waals surface area contributed by atoms with Crippen LogP contribution in [0.25, 0.3) is 0 Å². The molecule has 0 aromatic heterocycles. The van der Waals surface area contributed by atoms with E-state index in [0.717, 1.165) is 0 Å². The van der Waals surface area contributed by atoms with Crippen LogP contribution in [0.15, 0.2) is 60.7 Å². The average Bonchev–Trinajstić information content (AvgIpc) is 2.40. The van der Waals surface area contributed by atoms with E-state index in [1.807, 2.05) is 12.1 Å². The molecule has 0 aliphatic carbocycles. The third kappa shape index (κ3) is 2.46. The molecule has 1 amide bonds. The van der Waals surface area contributed by atoms with E-state index in [4.69, 9.17) is 5.73 Å². The van der Waals surface area contributed by atoms with Crippen molar-refractivity contribution in [1.82, 2.24) is 0 Å². The van der Waals surface area contributed by atoms with Crippen molar-refractivity contribution in [1.29, 1.82) is 0 Å². The number of primary amides is 1. The quantitative estimate of drug-likeness (QED) is 0.656. The van der Waals surface area contributed by atoms with Crippen LogP contribution in [0, 0.1) is 0 Å². The number of rotatable bonds is 4. The molecular formula is C15H13NO2. The standard InChI is InChI=1S/C15H13NO2/c16-15(18)13(11-7-3-1-4-8-11)14(17)12-9-5-2-6-10-12/h1-10,13H,(H2,16,18)/t13-/m0/s1. The third-order valence-corrected chi connectivity index (χ3v) is 2.74. The van der Waals surface area contributed by atoms with Gasteiger partial charge in [-0.05, 0) is 5.56 Å². The molecule has 0 radical (unpaired) electrons. The molecule has 0 unspecified atom stereocenters. The lowest BCUT2D eigenvalue weighted by atomic mass is 9.90. The summed E-state index contributed by atoms with van der Waals surface area (Å²) in [6.45, 7) is 0. The molecule has 0 spiro atoms. The molecule has 3 heteroatoms. The summed E-state index contributed by atoms with van der Waals surface area (Å²) in [5.74, 6) is -1.82. The van der Waals surface area contributed by atoms with E-state index >= 15 is 0 Å². The summed E-state index contributed by atoms with van der Waals surface area (Å²) in [5, 5.41) is 0. The Morgan fingerprint density at radius 2 is 1.33 bits per heavy atom. The van der Waals surface area contributed by atoms with Gasteiger partial charge in [-0.15, -0.1) is 0 Å². The van der Waals surface area contributed by atoms with Crippen LogP contribution in [0.3, 0.4) is 0 Å². The van der Waals surface area contributed by atoms with Gasteiger partial charge in [0.1, 0.15) is 5.92 Å². The van der Waals surface area contributed by atoms with E-state index < -0.39 is 11.8 Å². The Hall–Kier alpha value is -2.42. The Morgan fingerprint density at radius 1 is 0.833 bits per heavy atom. The second kappa shape index (κ2) is 5.27. The van der Waals surface area contributed by atoms with Crippen molar-refractivity contribution < 1.29 is 9.59 Å².